The number of aliphatic hydroxyl groups excluding tert-OH is 1. The monoisotopic (exact) mass is 432 g/mol. The van der Waals surface area contributed by atoms with Crippen LogP contribution in [0.5, 0.6) is 5.75 Å². The normalized spacial score (nSPS) is 17.0. The summed E-state index contributed by atoms with van der Waals surface area (Å²) in [5.41, 5.74) is 0.395. The molecule has 3 rings (SSSR count). The SMILES string of the molecule is C=CCCCOc1cccc2c1C(=O)N(C1CCC(=O)NC1=O)C2=O.CCCC.CO. The Bertz CT molecular complexity index is 803. The number of hydrogen-bond donors (Lipinski definition) is 2. The molecule has 4 amide bonds. The van der Waals surface area contributed by atoms with Crippen molar-refractivity contribution >= 4 is 23.6 Å². The van der Waals surface area contributed by atoms with Crippen molar-refractivity contribution in [2.45, 2.75) is 58.4 Å². The van der Waals surface area contributed by atoms with E-state index < -0.39 is 29.7 Å². The van der Waals surface area contributed by atoms with E-state index >= 15 is 0 Å². The molecule has 0 radical (unpaired) electrons. The van der Waals surface area contributed by atoms with E-state index in [0.29, 0.717) is 12.4 Å². The van der Waals surface area contributed by atoms with Crippen molar-refractivity contribution in [3.05, 3.63) is 42.0 Å². The molecule has 0 aliphatic carbocycles. The number of rotatable bonds is 7. The summed E-state index contributed by atoms with van der Waals surface area (Å²) >= 11 is 0. The molecule has 0 bridgehead atoms. The first-order valence-electron chi connectivity index (χ1n) is 10.5. The standard InChI is InChI=1S/C18H18N2O5.C4H10.CH4O/c1-2-3-4-10-25-13-7-5-6-11-15(13)18(24)20(17(11)23)12-8-9-14(21)19-16(12)22;1-3-4-2;1-2/h2,5-7,12H,1,3-4,8-10H2,(H,19,21,22);3-4H2,1-2H3;2H,1H3. The van der Waals surface area contributed by atoms with Gasteiger partial charge in [0.1, 0.15) is 11.8 Å². The second kappa shape index (κ2) is 13.3. The Kier molecular flexibility index (Phi) is 11.2. The van der Waals surface area contributed by atoms with Gasteiger partial charge < -0.3 is 9.84 Å². The average molecular weight is 433 g/mol. The number of fused-ring (bicyclic) bond motifs is 1. The maximum Gasteiger partial charge on any atom is 0.266 e. The fourth-order valence-corrected chi connectivity index (χ4v) is 3.01. The number of carbonyl (C=O) groups is 4. The summed E-state index contributed by atoms with van der Waals surface area (Å²) in [5, 5.41) is 9.17. The number of carbonyl (C=O) groups excluding carboxylic acids is 4. The highest BCUT2D eigenvalue weighted by atomic mass is 16.5. The number of hydrogen-bond acceptors (Lipinski definition) is 6. The van der Waals surface area contributed by atoms with Crippen molar-refractivity contribution in [1.82, 2.24) is 10.2 Å². The van der Waals surface area contributed by atoms with Crippen molar-refractivity contribution in [2.75, 3.05) is 13.7 Å². The fraction of sp³-hybridized carbons (Fsp3) is 0.478. The Morgan fingerprint density at radius 2 is 1.84 bits per heavy atom. The van der Waals surface area contributed by atoms with E-state index in [1.54, 1.807) is 18.2 Å². The van der Waals surface area contributed by atoms with E-state index in [1.807, 2.05) is 0 Å². The van der Waals surface area contributed by atoms with E-state index in [-0.39, 0.29) is 24.0 Å². The van der Waals surface area contributed by atoms with Gasteiger partial charge in [-0.1, -0.05) is 38.8 Å². The second-order valence-corrected chi connectivity index (χ2v) is 6.91. The number of piperidine rings is 1. The number of allylic oxidation sites excluding steroid dienone is 1. The van der Waals surface area contributed by atoms with E-state index in [2.05, 4.69) is 25.7 Å². The summed E-state index contributed by atoms with van der Waals surface area (Å²) in [4.78, 5) is 49.7. The van der Waals surface area contributed by atoms with Crippen LogP contribution in [0.3, 0.4) is 0 Å². The minimum absolute atomic E-state index is 0.0920. The average Bonchev–Trinajstić information content (AvgIpc) is 3.04. The van der Waals surface area contributed by atoms with Crippen LogP contribution in [0.2, 0.25) is 0 Å². The summed E-state index contributed by atoms with van der Waals surface area (Å²) < 4.78 is 5.65. The van der Waals surface area contributed by atoms with Gasteiger partial charge in [-0.25, -0.2) is 0 Å². The third kappa shape index (κ3) is 6.49. The first-order chi connectivity index (χ1) is 15.0. The first-order valence-corrected chi connectivity index (χ1v) is 10.5. The van der Waals surface area contributed by atoms with Crippen LogP contribution in [-0.4, -0.2) is 53.4 Å². The number of nitrogens with one attached hydrogen (secondary N) is 1. The topological polar surface area (TPSA) is 113 Å². The van der Waals surface area contributed by atoms with Crippen molar-refractivity contribution < 1.29 is 29.0 Å². The third-order valence-electron chi connectivity index (χ3n) is 4.74. The molecule has 170 valence electrons. The Labute approximate surface area is 183 Å². The molecule has 1 saturated heterocycles. The number of ether oxygens (including phenoxy) is 1. The van der Waals surface area contributed by atoms with Crippen molar-refractivity contribution in [1.29, 1.82) is 0 Å². The predicted molar refractivity (Wildman–Crippen MR) is 117 cm³/mol. The number of aliphatic hydroxyl groups is 1. The highest BCUT2D eigenvalue weighted by Gasteiger charge is 2.45. The molecule has 2 aliphatic rings. The summed E-state index contributed by atoms with van der Waals surface area (Å²) in [6.45, 7) is 8.39. The number of benzene rings is 1. The predicted octanol–water partition coefficient (Wildman–Crippen LogP) is 2.85. The molecule has 0 saturated carbocycles. The summed E-state index contributed by atoms with van der Waals surface area (Å²) in [6, 6.07) is 3.84. The van der Waals surface area contributed by atoms with Crippen LogP contribution in [0.4, 0.5) is 0 Å². The zero-order valence-electron chi connectivity index (χ0n) is 18.5. The molecule has 2 heterocycles. The summed E-state index contributed by atoms with van der Waals surface area (Å²) in [7, 11) is 1.00. The molecule has 1 aromatic rings. The lowest BCUT2D eigenvalue weighted by Crippen LogP contribution is -2.54. The van der Waals surface area contributed by atoms with Crippen LogP contribution in [0.15, 0.2) is 30.9 Å². The van der Waals surface area contributed by atoms with Gasteiger partial charge in [-0.3, -0.25) is 29.4 Å². The highest BCUT2D eigenvalue weighted by molar-refractivity contribution is 6.24. The Morgan fingerprint density at radius 1 is 1.16 bits per heavy atom. The van der Waals surface area contributed by atoms with E-state index in [4.69, 9.17) is 9.84 Å². The molecule has 1 unspecified atom stereocenters. The van der Waals surface area contributed by atoms with E-state index in [9.17, 15) is 19.2 Å². The Morgan fingerprint density at radius 3 is 2.42 bits per heavy atom. The lowest BCUT2D eigenvalue weighted by atomic mass is 10.0. The minimum Gasteiger partial charge on any atom is -0.493 e. The molecule has 0 spiro atoms. The molecule has 31 heavy (non-hydrogen) atoms. The second-order valence-electron chi connectivity index (χ2n) is 6.91. The lowest BCUT2D eigenvalue weighted by molar-refractivity contribution is -0.136. The molecule has 8 nitrogen and oxygen atoms in total. The molecule has 1 aromatic carbocycles. The van der Waals surface area contributed by atoms with Gasteiger partial charge >= 0.3 is 0 Å². The van der Waals surface area contributed by atoms with Gasteiger partial charge in [0, 0.05) is 13.5 Å². The maximum atomic E-state index is 12.8. The number of unbranched alkanes of at least 4 members (excludes halogenated alkanes) is 2. The van der Waals surface area contributed by atoms with Crippen molar-refractivity contribution in [3.8, 4) is 5.75 Å². The van der Waals surface area contributed by atoms with Gasteiger partial charge in [-0.05, 0) is 31.4 Å². The van der Waals surface area contributed by atoms with Gasteiger partial charge in [0.2, 0.25) is 11.8 Å². The Hall–Kier alpha value is -3.00. The van der Waals surface area contributed by atoms with E-state index in [0.717, 1.165) is 24.9 Å². The first kappa shape index (κ1) is 26.0. The number of amides is 4. The molecule has 8 heteroatoms. The smallest absolute Gasteiger partial charge is 0.266 e. The van der Waals surface area contributed by atoms with Crippen LogP contribution < -0.4 is 10.1 Å². The van der Waals surface area contributed by atoms with Crippen molar-refractivity contribution in [3.63, 3.8) is 0 Å². The van der Waals surface area contributed by atoms with Gasteiger partial charge in [0.05, 0.1) is 17.7 Å². The molecular weight excluding hydrogens is 400 g/mol. The van der Waals surface area contributed by atoms with Gasteiger partial charge in [-0.15, -0.1) is 6.58 Å². The quantitative estimate of drug-likeness (QED) is 0.389. The van der Waals surface area contributed by atoms with E-state index in [1.165, 1.54) is 18.9 Å². The molecule has 2 N–H and O–H groups in total. The zero-order valence-corrected chi connectivity index (χ0v) is 18.5. The van der Waals surface area contributed by atoms with Gasteiger partial charge in [0.25, 0.3) is 11.8 Å². The van der Waals surface area contributed by atoms with Crippen LogP contribution in [0, 0.1) is 0 Å². The largest absolute Gasteiger partial charge is 0.493 e. The molecule has 1 fully saturated rings. The highest BCUT2D eigenvalue weighted by Crippen LogP contribution is 2.33. The van der Waals surface area contributed by atoms with Crippen LogP contribution in [0.1, 0.15) is 73.1 Å². The molecular formula is C23H32N2O6. The fourth-order valence-electron chi connectivity index (χ4n) is 3.01. The number of nitrogens with zero attached hydrogens (tertiary/aromatic N) is 1. The van der Waals surface area contributed by atoms with Crippen LogP contribution in [-0.2, 0) is 9.59 Å². The van der Waals surface area contributed by atoms with Crippen LogP contribution in [0.25, 0.3) is 0 Å². The summed E-state index contributed by atoms with van der Waals surface area (Å²) in [5.74, 6) is -1.79. The maximum absolute atomic E-state index is 12.8. The van der Waals surface area contributed by atoms with Crippen molar-refractivity contribution in [2.24, 2.45) is 0 Å². The Balaban J connectivity index is 0.000000720. The lowest BCUT2D eigenvalue weighted by Gasteiger charge is -2.27. The minimum atomic E-state index is -0.973. The van der Waals surface area contributed by atoms with Crippen LogP contribution >= 0.6 is 0 Å². The molecule has 0 aromatic heterocycles. The molecule has 2 aliphatic heterocycles. The van der Waals surface area contributed by atoms with Gasteiger partial charge in [0.15, 0.2) is 0 Å². The summed E-state index contributed by atoms with van der Waals surface area (Å²) in [6.07, 6.45) is 6.16. The third-order valence-corrected chi connectivity index (χ3v) is 4.74. The molecule has 1 atom stereocenters. The zero-order chi connectivity index (χ0) is 23.4. The van der Waals surface area contributed by atoms with Gasteiger partial charge in [-0.2, -0.15) is 0 Å². The number of imide groups is 2.